The summed E-state index contributed by atoms with van der Waals surface area (Å²) in [6.07, 6.45) is 6.59. The smallest absolute Gasteiger partial charge is 0.310 e. The van der Waals surface area contributed by atoms with Gasteiger partial charge in [-0.3, -0.25) is 19.9 Å². The molecule has 112 valence electrons. The zero-order valence-corrected chi connectivity index (χ0v) is 11.5. The fourth-order valence-electron chi connectivity index (χ4n) is 3.83. The molecule has 2 aliphatic rings. The normalized spacial score (nSPS) is 27.6. The predicted molar refractivity (Wildman–Crippen MR) is 75.2 cm³/mol. The molecule has 7 nitrogen and oxygen atoms in total. The average Bonchev–Trinajstić information content (AvgIpc) is 2.69. The Bertz CT molecular complexity index is 563. The third-order valence-electron chi connectivity index (χ3n) is 4.55. The number of hydrogen-bond donors (Lipinski definition) is 1. The largest absolute Gasteiger partial charge is 0.481 e. The van der Waals surface area contributed by atoms with Gasteiger partial charge in [-0.25, -0.2) is 0 Å². The van der Waals surface area contributed by atoms with E-state index in [0.29, 0.717) is 5.69 Å². The van der Waals surface area contributed by atoms with Gasteiger partial charge in [0.2, 0.25) is 0 Å². The molecule has 0 amide bonds. The van der Waals surface area contributed by atoms with E-state index in [4.69, 9.17) is 5.11 Å². The van der Waals surface area contributed by atoms with Crippen molar-refractivity contribution in [2.45, 2.75) is 44.2 Å². The van der Waals surface area contributed by atoms with Crippen LogP contribution in [0.1, 0.15) is 32.1 Å². The van der Waals surface area contributed by atoms with Crippen LogP contribution in [-0.2, 0) is 4.79 Å². The van der Waals surface area contributed by atoms with Crippen molar-refractivity contribution in [1.29, 1.82) is 0 Å². The van der Waals surface area contributed by atoms with E-state index in [1.54, 1.807) is 12.3 Å². The number of rotatable bonds is 4. The average molecular weight is 291 g/mol. The molecule has 2 bridgehead atoms. The lowest BCUT2D eigenvalue weighted by molar-refractivity contribution is -0.384. The maximum atomic E-state index is 11.2. The number of anilines is 1. The summed E-state index contributed by atoms with van der Waals surface area (Å²) < 4.78 is 0. The Morgan fingerprint density at radius 3 is 2.67 bits per heavy atom. The molecule has 0 saturated carbocycles. The van der Waals surface area contributed by atoms with Crippen molar-refractivity contribution in [3.8, 4) is 0 Å². The number of hydrogen-bond acceptors (Lipinski definition) is 5. The van der Waals surface area contributed by atoms with Crippen molar-refractivity contribution in [3.63, 3.8) is 0 Å². The second-order valence-corrected chi connectivity index (χ2v) is 5.85. The maximum Gasteiger partial charge on any atom is 0.310 e. The minimum absolute atomic E-state index is 0.0334. The van der Waals surface area contributed by atoms with Gasteiger partial charge in [0.25, 0.3) is 0 Å². The molecule has 0 aliphatic carbocycles. The number of carbonyl (C=O) groups is 1. The fraction of sp³-hybridized carbons (Fsp3) is 0.571. The van der Waals surface area contributed by atoms with Gasteiger partial charge < -0.3 is 10.0 Å². The summed E-state index contributed by atoms with van der Waals surface area (Å²) in [6, 6.07) is 2.10. The molecule has 7 heteroatoms. The topological polar surface area (TPSA) is 96.6 Å². The van der Waals surface area contributed by atoms with E-state index in [-0.39, 0.29) is 30.1 Å². The zero-order valence-electron chi connectivity index (χ0n) is 11.5. The molecule has 3 heterocycles. The number of nitrogens with zero attached hydrogens (tertiary/aromatic N) is 3. The van der Waals surface area contributed by atoms with E-state index in [0.717, 1.165) is 25.7 Å². The van der Waals surface area contributed by atoms with Crippen LogP contribution >= 0.6 is 0 Å². The standard InChI is InChI=1S/C14H17N3O4/c18-14(19)7-9-5-10-1-2-11(6-9)16(10)12-3-4-15-8-13(12)17(20)21/h3-4,8-11H,1-2,5-7H2,(H,18,19). The molecule has 2 aliphatic heterocycles. The SMILES string of the molecule is O=C(O)CC1CC2CCC(C1)N2c1ccncc1[N+](=O)[O-]. The van der Waals surface area contributed by atoms with E-state index in [2.05, 4.69) is 9.88 Å². The van der Waals surface area contributed by atoms with Gasteiger partial charge in [0, 0.05) is 24.7 Å². The number of nitro groups is 1. The van der Waals surface area contributed by atoms with Crippen molar-refractivity contribution in [3.05, 3.63) is 28.6 Å². The first-order valence-electron chi connectivity index (χ1n) is 7.14. The molecular formula is C14H17N3O4. The van der Waals surface area contributed by atoms with Crippen molar-refractivity contribution < 1.29 is 14.8 Å². The summed E-state index contributed by atoms with van der Waals surface area (Å²) in [7, 11) is 0. The maximum absolute atomic E-state index is 11.2. The highest BCUT2D eigenvalue weighted by molar-refractivity contribution is 5.67. The Labute approximate surface area is 121 Å². The number of carboxylic acid groups (broad SMARTS) is 1. The summed E-state index contributed by atoms with van der Waals surface area (Å²) in [5.74, 6) is -0.583. The number of piperidine rings is 1. The molecule has 2 unspecified atom stereocenters. The van der Waals surface area contributed by atoms with Gasteiger partial charge in [-0.1, -0.05) is 0 Å². The number of pyridine rings is 1. The predicted octanol–water partition coefficient (Wildman–Crippen LogP) is 2.21. The number of aliphatic carboxylic acids is 1. The third-order valence-corrected chi connectivity index (χ3v) is 4.55. The van der Waals surface area contributed by atoms with E-state index in [9.17, 15) is 14.9 Å². The van der Waals surface area contributed by atoms with Gasteiger partial charge in [0.15, 0.2) is 0 Å². The molecule has 1 aromatic heterocycles. The molecule has 0 aromatic carbocycles. The van der Waals surface area contributed by atoms with Gasteiger partial charge >= 0.3 is 11.7 Å². The van der Waals surface area contributed by atoms with Crippen molar-refractivity contribution in [2.75, 3.05) is 4.90 Å². The van der Waals surface area contributed by atoms with Crippen LogP contribution < -0.4 is 4.90 Å². The first-order chi connectivity index (χ1) is 10.1. The van der Waals surface area contributed by atoms with Crippen LogP contribution in [0.3, 0.4) is 0 Å². The van der Waals surface area contributed by atoms with Gasteiger partial charge in [-0.15, -0.1) is 0 Å². The van der Waals surface area contributed by atoms with E-state index < -0.39 is 10.9 Å². The molecule has 0 radical (unpaired) electrons. The Kier molecular flexibility index (Phi) is 3.48. The van der Waals surface area contributed by atoms with E-state index >= 15 is 0 Å². The molecule has 0 spiro atoms. The van der Waals surface area contributed by atoms with Gasteiger partial charge in [0.1, 0.15) is 11.9 Å². The molecular weight excluding hydrogens is 274 g/mol. The summed E-state index contributed by atoms with van der Waals surface area (Å²) >= 11 is 0. The monoisotopic (exact) mass is 291 g/mol. The Hall–Kier alpha value is -2.18. The lowest BCUT2D eigenvalue weighted by Gasteiger charge is -2.39. The first-order valence-corrected chi connectivity index (χ1v) is 7.14. The number of carboxylic acids is 1. The van der Waals surface area contributed by atoms with E-state index in [1.807, 2.05) is 0 Å². The minimum atomic E-state index is -0.761. The highest BCUT2D eigenvalue weighted by atomic mass is 16.6. The van der Waals surface area contributed by atoms with Crippen LogP contribution in [0.5, 0.6) is 0 Å². The number of aromatic nitrogens is 1. The van der Waals surface area contributed by atoms with Gasteiger partial charge in [-0.2, -0.15) is 0 Å². The zero-order chi connectivity index (χ0) is 15.0. The van der Waals surface area contributed by atoms with Crippen molar-refractivity contribution >= 4 is 17.3 Å². The highest BCUT2D eigenvalue weighted by Gasteiger charge is 2.43. The van der Waals surface area contributed by atoms with Crippen LogP contribution in [-0.4, -0.2) is 33.1 Å². The van der Waals surface area contributed by atoms with Gasteiger partial charge in [0.05, 0.1) is 4.92 Å². The molecule has 3 rings (SSSR count). The quantitative estimate of drug-likeness (QED) is 0.674. The molecule has 21 heavy (non-hydrogen) atoms. The Morgan fingerprint density at radius 1 is 1.43 bits per heavy atom. The Morgan fingerprint density at radius 2 is 2.10 bits per heavy atom. The summed E-state index contributed by atoms with van der Waals surface area (Å²) in [6.45, 7) is 0. The van der Waals surface area contributed by atoms with Crippen molar-refractivity contribution in [2.24, 2.45) is 5.92 Å². The van der Waals surface area contributed by atoms with Crippen LogP contribution in [0.4, 0.5) is 11.4 Å². The van der Waals surface area contributed by atoms with Crippen LogP contribution in [0, 0.1) is 16.0 Å². The Balaban J connectivity index is 1.86. The van der Waals surface area contributed by atoms with Crippen LogP contribution in [0.2, 0.25) is 0 Å². The summed E-state index contributed by atoms with van der Waals surface area (Å²) in [5.41, 5.74) is 0.655. The minimum Gasteiger partial charge on any atom is -0.481 e. The molecule has 1 aromatic rings. The van der Waals surface area contributed by atoms with Crippen LogP contribution in [0.15, 0.2) is 18.5 Å². The van der Waals surface area contributed by atoms with Gasteiger partial charge in [-0.05, 0) is 37.7 Å². The molecule has 1 N–H and O–H groups in total. The third kappa shape index (κ3) is 2.55. The summed E-state index contributed by atoms with van der Waals surface area (Å²) in [5, 5.41) is 20.1. The fourth-order valence-corrected chi connectivity index (χ4v) is 3.83. The summed E-state index contributed by atoms with van der Waals surface area (Å²) in [4.78, 5) is 27.6. The first kappa shape index (κ1) is 13.8. The second kappa shape index (κ2) is 5.31. The molecule has 2 atom stereocenters. The highest BCUT2D eigenvalue weighted by Crippen LogP contribution is 2.44. The number of fused-ring (bicyclic) bond motifs is 2. The van der Waals surface area contributed by atoms with Crippen molar-refractivity contribution in [1.82, 2.24) is 4.98 Å². The molecule has 2 saturated heterocycles. The van der Waals surface area contributed by atoms with Crippen LogP contribution in [0.25, 0.3) is 0 Å². The lowest BCUT2D eigenvalue weighted by atomic mass is 9.88. The molecule has 2 fully saturated rings. The lowest BCUT2D eigenvalue weighted by Crippen LogP contribution is -2.43. The van der Waals surface area contributed by atoms with E-state index in [1.165, 1.54) is 6.20 Å². The second-order valence-electron chi connectivity index (χ2n) is 5.85.